The fourth-order valence-corrected chi connectivity index (χ4v) is 1.04. The first-order valence-corrected chi connectivity index (χ1v) is 5.73. The Morgan fingerprint density at radius 3 is 1.78 bits per heavy atom. The second kappa shape index (κ2) is 12.3. The fourth-order valence-electron chi connectivity index (χ4n) is 1.04. The van der Waals surface area contributed by atoms with E-state index in [1.54, 1.807) is 14.0 Å². The van der Waals surface area contributed by atoms with Gasteiger partial charge in [0.05, 0.1) is 6.61 Å². The predicted molar refractivity (Wildman–Crippen MR) is 66.0 cm³/mol. The zero-order valence-corrected chi connectivity index (χ0v) is 12.0. The summed E-state index contributed by atoms with van der Waals surface area (Å²) in [5, 5.41) is 0. The topological polar surface area (TPSA) is 71.1 Å². The zero-order chi connectivity index (χ0) is 14.6. The predicted octanol–water partition coefficient (Wildman–Crippen LogP) is 1.52. The molecular formula is C12H24O6. The fraction of sp³-hybridized carbons (Fsp3) is 0.833. The van der Waals surface area contributed by atoms with Crippen molar-refractivity contribution in [1.82, 2.24) is 0 Å². The Morgan fingerprint density at radius 2 is 1.56 bits per heavy atom. The summed E-state index contributed by atoms with van der Waals surface area (Å²) in [4.78, 5) is 20.5. The van der Waals surface area contributed by atoms with Gasteiger partial charge < -0.3 is 18.9 Å². The van der Waals surface area contributed by atoms with Crippen molar-refractivity contribution in [2.24, 2.45) is 0 Å². The highest BCUT2D eigenvalue weighted by Crippen LogP contribution is 1.97. The molecular weight excluding hydrogens is 240 g/mol. The standard InChI is InChI=1S/2C6H12O3/c1-5(4-8-3)9-6(2)7;1-4-6(8-3)9-5(2)7/h5H,4H2,1-3H3;6H,4H2,1-3H3. The van der Waals surface area contributed by atoms with Crippen molar-refractivity contribution in [2.45, 2.75) is 46.5 Å². The molecule has 108 valence electrons. The highest BCUT2D eigenvalue weighted by atomic mass is 16.7. The molecule has 0 rings (SSSR count). The first-order valence-electron chi connectivity index (χ1n) is 5.73. The molecule has 6 nitrogen and oxygen atoms in total. The van der Waals surface area contributed by atoms with Crippen molar-refractivity contribution in [3.63, 3.8) is 0 Å². The first-order chi connectivity index (χ1) is 8.37. The molecule has 0 fully saturated rings. The van der Waals surface area contributed by atoms with Crippen LogP contribution in [-0.4, -0.2) is 45.2 Å². The molecule has 0 amide bonds. The van der Waals surface area contributed by atoms with E-state index in [-0.39, 0.29) is 24.3 Å². The van der Waals surface area contributed by atoms with E-state index in [0.29, 0.717) is 13.0 Å². The zero-order valence-electron chi connectivity index (χ0n) is 12.0. The number of rotatable bonds is 6. The van der Waals surface area contributed by atoms with E-state index in [2.05, 4.69) is 4.74 Å². The molecule has 0 aliphatic rings. The van der Waals surface area contributed by atoms with Crippen molar-refractivity contribution in [3.8, 4) is 0 Å². The van der Waals surface area contributed by atoms with E-state index >= 15 is 0 Å². The maximum Gasteiger partial charge on any atom is 0.304 e. The molecule has 0 saturated carbocycles. The van der Waals surface area contributed by atoms with E-state index in [1.807, 2.05) is 6.92 Å². The Hall–Kier alpha value is -1.14. The smallest absolute Gasteiger partial charge is 0.304 e. The second-order valence-electron chi connectivity index (χ2n) is 3.56. The van der Waals surface area contributed by atoms with Crippen molar-refractivity contribution >= 4 is 11.9 Å². The van der Waals surface area contributed by atoms with Gasteiger partial charge in [0.1, 0.15) is 6.10 Å². The molecule has 0 bridgehead atoms. The maximum absolute atomic E-state index is 10.3. The number of carbonyl (C=O) groups is 2. The SMILES string of the molecule is CCC(OC)OC(C)=O.COCC(C)OC(C)=O. The molecule has 0 N–H and O–H groups in total. The Balaban J connectivity index is 0. The van der Waals surface area contributed by atoms with E-state index in [4.69, 9.17) is 14.2 Å². The maximum atomic E-state index is 10.3. The lowest BCUT2D eigenvalue weighted by molar-refractivity contribution is -0.171. The van der Waals surface area contributed by atoms with Crippen molar-refractivity contribution < 1.29 is 28.5 Å². The summed E-state index contributed by atoms with van der Waals surface area (Å²) in [5.41, 5.74) is 0. The Kier molecular flexibility index (Phi) is 13.1. The number of ether oxygens (including phenoxy) is 4. The molecule has 6 heteroatoms. The summed E-state index contributed by atoms with van der Waals surface area (Å²) in [6.45, 7) is 6.87. The molecule has 0 aliphatic carbocycles. The van der Waals surface area contributed by atoms with Gasteiger partial charge in [-0.2, -0.15) is 0 Å². The van der Waals surface area contributed by atoms with E-state index in [0.717, 1.165) is 0 Å². The number of esters is 2. The van der Waals surface area contributed by atoms with Crippen LogP contribution in [0, 0.1) is 0 Å². The molecule has 2 atom stereocenters. The Morgan fingerprint density at radius 1 is 1.06 bits per heavy atom. The first kappa shape index (κ1) is 19.2. The molecule has 0 heterocycles. The van der Waals surface area contributed by atoms with E-state index in [9.17, 15) is 9.59 Å². The molecule has 0 aromatic carbocycles. The molecule has 0 spiro atoms. The van der Waals surface area contributed by atoms with Crippen LogP contribution in [0.2, 0.25) is 0 Å². The number of methoxy groups -OCH3 is 2. The molecule has 0 aliphatic heterocycles. The second-order valence-corrected chi connectivity index (χ2v) is 3.56. The summed E-state index contributed by atoms with van der Waals surface area (Å²) < 4.78 is 18.9. The van der Waals surface area contributed by atoms with Crippen LogP contribution in [0.15, 0.2) is 0 Å². The van der Waals surface area contributed by atoms with Gasteiger partial charge in [-0.25, -0.2) is 0 Å². The third-order valence-corrected chi connectivity index (χ3v) is 1.66. The van der Waals surface area contributed by atoms with E-state index < -0.39 is 0 Å². The largest absolute Gasteiger partial charge is 0.460 e. The van der Waals surface area contributed by atoms with Gasteiger partial charge in [-0.3, -0.25) is 9.59 Å². The third kappa shape index (κ3) is 14.9. The summed E-state index contributed by atoms with van der Waals surface area (Å²) in [6.07, 6.45) is 0.186. The van der Waals surface area contributed by atoms with Crippen LogP contribution >= 0.6 is 0 Å². The van der Waals surface area contributed by atoms with Crippen molar-refractivity contribution in [3.05, 3.63) is 0 Å². The summed E-state index contributed by atoms with van der Waals surface area (Å²) in [7, 11) is 3.08. The lowest BCUT2D eigenvalue weighted by Gasteiger charge is -2.11. The minimum atomic E-state index is -0.373. The van der Waals surface area contributed by atoms with Gasteiger partial charge in [0.15, 0.2) is 0 Å². The van der Waals surface area contributed by atoms with Gasteiger partial charge in [-0.05, 0) is 6.92 Å². The molecule has 0 aromatic heterocycles. The van der Waals surface area contributed by atoms with Gasteiger partial charge >= 0.3 is 11.9 Å². The minimum absolute atomic E-state index is 0.132. The highest BCUT2D eigenvalue weighted by molar-refractivity contribution is 5.66. The molecule has 0 saturated heterocycles. The van der Waals surface area contributed by atoms with Gasteiger partial charge in [-0.15, -0.1) is 0 Å². The van der Waals surface area contributed by atoms with Crippen LogP contribution in [0.4, 0.5) is 0 Å². The number of hydrogen-bond donors (Lipinski definition) is 0. The van der Waals surface area contributed by atoms with Crippen LogP contribution in [0.3, 0.4) is 0 Å². The highest BCUT2D eigenvalue weighted by Gasteiger charge is 2.05. The molecule has 2 unspecified atom stereocenters. The van der Waals surface area contributed by atoms with Crippen LogP contribution < -0.4 is 0 Å². The summed E-state index contributed by atoms with van der Waals surface area (Å²) in [6, 6.07) is 0. The molecule has 0 radical (unpaired) electrons. The normalized spacial score (nSPS) is 12.8. The van der Waals surface area contributed by atoms with Gasteiger partial charge in [0.2, 0.25) is 6.29 Å². The van der Waals surface area contributed by atoms with Gasteiger partial charge in [-0.1, -0.05) is 6.92 Å². The molecule has 0 aromatic rings. The van der Waals surface area contributed by atoms with Crippen LogP contribution in [0.5, 0.6) is 0 Å². The van der Waals surface area contributed by atoms with Crippen molar-refractivity contribution in [1.29, 1.82) is 0 Å². The molecule has 18 heavy (non-hydrogen) atoms. The van der Waals surface area contributed by atoms with Gasteiger partial charge in [0.25, 0.3) is 0 Å². The minimum Gasteiger partial charge on any atom is -0.460 e. The Labute approximate surface area is 109 Å². The third-order valence-electron chi connectivity index (χ3n) is 1.66. The quantitative estimate of drug-likeness (QED) is 0.535. The lowest BCUT2D eigenvalue weighted by Crippen LogP contribution is -2.17. The summed E-state index contributed by atoms with van der Waals surface area (Å²) >= 11 is 0. The summed E-state index contributed by atoms with van der Waals surface area (Å²) in [5.74, 6) is -0.566. The van der Waals surface area contributed by atoms with E-state index in [1.165, 1.54) is 21.0 Å². The van der Waals surface area contributed by atoms with Gasteiger partial charge in [0, 0.05) is 34.5 Å². The number of carbonyl (C=O) groups excluding carboxylic acids is 2. The number of hydrogen-bond acceptors (Lipinski definition) is 6. The van der Waals surface area contributed by atoms with Crippen LogP contribution in [0.25, 0.3) is 0 Å². The average molecular weight is 264 g/mol. The Bertz CT molecular complexity index is 225. The van der Waals surface area contributed by atoms with Crippen LogP contribution in [0.1, 0.15) is 34.1 Å². The average Bonchev–Trinajstić information content (AvgIpc) is 2.25. The monoisotopic (exact) mass is 264 g/mol. The van der Waals surface area contributed by atoms with Crippen LogP contribution in [-0.2, 0) is 28.5 Å². The lowest BCUT2D eigenvalue weighted by atomic mass is 10.4. The van der Waals surface area contributed by atoms with Crippen molar-refractivity contribution in [2.75, 3.05) is 20.8 Å².